The molecule has 7 heteroatoms. The Balaban J connectivity index is 1.21. The molecule has 7 nitrogen and oxygen atoms in total. The van der Waals surface area contributed by atoms with Crippen LogP contribution in [0.25, 0.3) is 5.65 Å². The van der Waals surface area contributed by atoms with Crippen LogP contribution in [-0.2, 0) is 4.74 Å². The number of aromatic nitrogens is 2. The standard InChI is InChI=1S/C20H26N4O3/c1-20(2,3)27-19(26)24-11-15-14(16(15)12-24)6-7-22-18(25)13-4-5-17-21-8-9-23(17)10-13/h4-5,8-10,14-16H,6-7,11-12H2,1-3H3,(H,22,25)/t14?,15-,16+. The number of hydrogen-bond acceptors (Lipinski definition) is 4. The van der Waals surface area contributed by atoms with Crippen molar-refractivity contribution in [2.45, 2.75) is 32.8 Å². The summed E-state index contributed by atoms with van der Waals surface area (Å²) in [5.41, 5.74) is 1.01. The first kappa shape index (κ1) is 17.8. The van der Waals surface area contributed by atoms with E-state index >= 15 is 0 Å². The Morgan fingerprint density at radius 3 is 2.70 bits per heavy atom. The van der Waals surface area contributed by atoms with Crippen molar-refractivity contribution in [3.63, 3.8) is 0 Å². The summed E-state index contributed by atoms with van der Waals surface area (Å²) in [5, 5.41) is 3.00. The van der Waals surface area contributed by atoms with Gasteiger partial charge in [0.15, 0.2) is 0 Å². The summed E-state index contributed by atoms with van der Waals surface area (Å²) in [7, 11) is 0. The molecule has 0 spiro atoms. The Morgan fingerprint density at radius 2 is 2.00 bits per heavy atom. The van der Waals surface area contributed by atoms with Crippen LogP contribution in [0.4, 0.5) is 4.79 Å². The molecule has 2 aliphatic rings. The second-order valence-electron chi connectivity index (χ2n) is 8.53. The van der Waals surface area contributed by atoms with Gasteiger partial charge in [-0.05, 0) is 57.1 Å². The smallest absolute Gasteiger partial charge is 0.410 e. The maximum atomic E-state index is 12.3. The third-order valence-corrected chi connectivity index (χ3v) is 5.44. The lowest BCUT2D eigenvalue weighted by atomic mass is 10.2. The number of piperidine rings is 1. The van der Waals surface area contributed by atoms with Crippen molar-refractivity contribution < 1.29 is 14.3 Å². The number of ether oxygens (including phenoxy) is 1. The molecule has 0 aromatic carbocycles. The number of likely N-dealkylation sites (tertiary alicyclic amines) is 1. The number of pyridine rings is 1. The number of hydrogen-bond donors (Lipinski definition) is 1. The Hall–Kier alpha value is -2.57. The summed E-state index contributed by atoms with van der Waals surface area (Å²) in [6, 6.07) is 3.63. The van der Waals surface area contributed by atoms with Crippen molar-refractivity contribution in [2.24, 2.45) is 17.8 Å². The molecule has 3 atom stereocenters. The van der Waals surface area contributed by atoms with E-state index in [1.54, 1.807) is 18.5 Å². The lowest BCUT2D eigenvalue weighted by Crippen LogP contribution is -2.37. The summed E-state index contributed by atoms with van der Waals surface area (Å²) >= 11 is 0. The molecule has 0 radical (unpaired) electrons. The zero-order valence-electron chi connectivity index (χ0n) is 16.0. The predicted octanol–water partition coefficient (Wildman–Crippen LogP) is 2.57. The average molecular weight is 370 g/mol. The van der Waals surface area contributed by atoms with Gasteiger partial charge in [-0.1, -0.05) is 0 Å². The number of fused-ring (bicyclic) bond motifs is 2. The van der Waals surface area contributed by atoms with Gasteiger partial charge in [-0.25, -0.2) is 9.78 Å². The molecule has 0 bridgehead atoms. The average Bonchev–Trinajstić information content (AvgIpc) is 2.99. The van der Waals surface area contributed by atoms with Gasteiger partial charge in [0, 0.05) is 38.2 Å². The molecule has 1 saturated heterocycles. The van der Waals surface area contributed by atoms with Crippen LogP contribution in [0.3, 0.4) is 0 Å². The van der Waals surface area contributed by atoms with Gasteiger partial charge in [0.25, 0.3) is 5.91 Å². The monoisotopic (exact) mass is 370 g/mol. The zero-order valence-corrected chi connectivity index (χ0v) is 16.0. The maximum Gasteiger partial charge on any atom is 0.410 e. The SMILES string of the molecule is CC(C)(C)OC(=O)N1C[C@@H]2C(CCNC(=O)c3ccc4nccn4c3)[C@@H]2C1. The van der Waals surface area contributed by atoms with Crippen molar-refractivity contribution in [1.82, 2.24) is 19.6 Å². The van der Waals surface area contributed by atoms with Gasteiger partial charge in [-0.3, -0.25) is 4.79 Å². The van der Waals surface area contributed by atoms with Gasteiger partial charge in [0.05, 0.1) is 5.56 Å². The van der Waals surface area contributed by atoms with Crippen molar-refractivity contribution in [1.29, 1.82) is 0 Å². The van der Waals surface area contributed by atoms with Crippen LogP contribution in [0.15, 0.2) is 30.7 Å². The molecule has 144 valence electrons. The fourth-order valence-corrected chi connectivity index (χ4v) is 4.06. The first-order valence-corrected chi connectivity index (χ1v) is 9.51. The van der Waals surface area contributed by atoms with Crippen LogP contribution in [0, 0.1) is 17.8 Å². The van der Waals surface area contributed by atoms with E-state index in [-0.39, 0.29) is 12.0 Å². The maximum absolute atomic E-state index is 12.3. The van der Waals surface area contributed by atoms with Gasteiger partial charge in [-0.2, -0.15) is 0 Å². The van der Waals surface area contributed by atoms with E-state index < -0.39 is 5.60 Å². The molecule has 2 fully saturated rings. The van der Waals surface area contributed by atoms with E-state index in [0.717, 1.165) is 25.2 Å². The molecule has 2 aromatic rings. The van der Waals surface area contributed by atoms with Crippen LogP contribution in [0.1, 0.15) is 37.6 Å². The lowest BCUT2D eigenvalue weighted by molar-refractivity contribution is 0.0265. The number of nitrogens with one attached hydrogen (secondary N) is 1. The number of carbonyl (C=O) groups excluding carboxylic acids is 2. The third kappa shape index (κ3) is 3.77. The highest BCUT2D eigenvalue weighted by Gasteiger charge is 2.56. The minimum atomic E-state index is -0.451. The topological polar surface area (TPSA) is 75.9 Å². The van der Waals surface area contributed by atoms with E-state index in [0.29, 0.717) is 29.9 Å². The molecule has 1 N–H and O–H groups in total. The van der Waals surface area contributed by atoms with Crippen molar-refractivity contribution in [3.8, 4) is 0 Å². The molecule has 4 rings (SSSR count). The van der Waals surface area contributed by atoms with E-state index in [2.05, 4.69) is 10.3 Å². The van der Waals surface area contributed by atoms with Crippen LogP contribution in [0.2, 0.25) is 0 Å². The largest absolute Gasteiger partial charge is 0.444 e. The highest BCUT2D eigenvalue weighted by Crippen LogP contribution is 2.53. The second-order valence-corrected chi connectivity index (χ2v) is 8.53. The predicted molar refractivity (Wildman–Crippen MR) is 100 cm³/mol. The molecule has 1 unspecified atom stereocenters. The molecule has 1 aliphatic heterocycles. The van der Waals surface area contributed by atoms with E-state index in [4.69, 9.17) is 4.74 Å². The minimum absolute atomic E-state index is 0.0632. The number of rotatable bonds is 4. The molecule has 1 aliphatic carbocycles. The normalized spacial score (nSPS) is 24.0. The van der Waals surface area contributed by atoms with Crippen molar-refractivity contribution in [3.05, 3.63) is 36.3 Å². The minimum Gasteiger partial charge on any atom is -0.444 e. The number of carbonyl (C=O) groups is 2. The van der Waals surface area contributed by atoms with Gasteiger partial charge in [0.1, 0.15) is 11.2 Å². The Bertz CT molecular complexity index is 857. The Labute approximate surface area is 158 Å². The molecular weight excluding hydrogens is 344 g/mol. The van der Waals surface area contributed by atoms with Crippen LogP contribution in [-0.4, -0.2) is 51.5 Å². The highest BCUT2D eigenvalue weighted by atomic mass is 16.6. The summed E-state index contributed by atoms with van der Waals surface area (Å²) in [4.78, 5) is 30.4. The molecular formula is C20H26N4O3. The van der Waals surface area contributed by atoms with Crippen LogP contribution < -0.4 is 5.32 Å². The molecule has 3 heterocycles. The fraction of sp³-hybridized carbons (Fsp3) is 0.550. The molecule has 1 saturated carbocycles. The second kappa shape index (κ2) is 6.55. The summed E-state index contributed by atoms with van der Waals surface area (Å²) in [6.45, 7) is 7.86. The van der Waals surface area contributed by atoms with Crippen molar-refractivity contribution in [2.75, 3.05) is 19.6 Å². The van der Waals surface area contributed by atoms with E-state index in [1.165, 1.54) is 0 Å². The van der Waals surface area contributed by atoms with Gasteiger partial charge in [-0.15, -0.1) is 0 Å². The number of amides is 2. The van der Waals surface area contributed by atoms with E-state index in [9.17, 15) is 9.59 Å². The molecule has 2 aromatic heterocycles. The number of nitrogens with zero attached hydrogens (tertiary/aromatic N) is 3. The number of imidazole rings is 1. The quantitative estimate of drug-likeness (QED) is 0.897. The summed E-state index contributed by atoms with van der Waals surface area (Å²) in [5.74, 6) is 1.64. The van der Waals surface area contributed by atoms with Crippen LogP contribution in [0.5, 0.6) is 0 Å². The lowest BCUT2D eigenvalue weighted by Gasteiger charge is -2.25. The van der Waals surface area contributed by atoms with Crippen LogP contribution >= 0.6 is 0 Å². The summed E-state index contributed by atoms with van der Waals surface area (Å²) < 4.78 is 7.27. The zero-order chi connectivity index (χ0) is 19.2. The first-order chi connectivity index (χ1) is 12.8. The van der Waals surface area contributed by atoms with E-state index in [1.807, 2.05) is 42.3 Å². The third-order valence-electron chi connectivity index (χ3n) is 5.44. The summed E-state index contributed by atoms with van der Waals surface area (Å²) in [6.07, 6.45) is 6.08. The Morgan fingerprint density at radius 1 is 1.26 bits per heavy atom. The molecule has 2 amide bonds. The Kier molecular flexibility index (Phi) is 4.32. The van der Waals surface area contributed by atoms with Gasteiger partial charge >= 0.3 is 6.09 Å². The fourth-order valence-electron chi connectivity index (χ4n) is 4.06. The highest BCUT2D eigenvalue weighted by molar-refractivity contribution is 5.94. The first-order valence-electron chi connectivity index (χ1n) is 9.51. The van der Waals surface area contributed by atoms with Gasteiger partial charge in [0.2, 0.25) is 0 Å². The van der Waals surface area contributed by atoms with Gasteiger partial charge < -0.3 is 19.4 Å². The molecule has 27 heavy (non-hydrogen) atoms. The van der Waals surface area contributed by atoms with Crippen molar-refractivity contribution >= 4 is 17.6 Å².